The van der Waals surface area contributed by atoms with Gasteiger partial charge in [-0.15, -0.1) is 11.8 Å². The number of nitrogens with one attached hydrogen (secondary N) is 1. The van der Waals surface area contributed by atoms with Gasteiger partial charge in [0, 0.05) is 27.3 Å². The third-order valence-corrected chi connectivity index (χ3v) is 6.67. The van der Waals surface area contributed by atoms with Gasteiger partial charge in [-0.25, -0.2) is 0 Å². The Balaban J connectivity index is 1.47. The molecule has 0 aliphatic heterocycles. The fourth-order valence-electron chi connectivity index (χ4n) is 2.78. The minimum atomic E-state index is -1.18. The number of carbonyl (C=O) groups excluding carboxylic acids is 1. The van der Waals surface area contributed by atoms with Crippen molar-refractivity contribution in [3.8, 4) is 0 Å². The summed E-state index contributed by atoms with van der Waals surface area (Å²) in [6.07, 6.45) is 2.79. The lowest BCUT2D eigenvalue weighted by atomic mass is 10.1. The van der Waals surface area contributed by atoms with E-state index in [9.17, 15) is 9.00 Å². The van der Waals surface area contributed by atoms with Crippen LogP contribution < -0.4 is 5.32 Å². The molecule has 0 fully saturated rings. The van der Waals surface area contributed by atoms with Crippen LogP contribution in [0.1, 0.15) is 27.4 Å². The number of rotatable bonds is 9. The monoisotopic (exact) mass is 447 g/mol. The second-order valence-electron chi connectivity index (χ2n) is 6.44. The lowest BCUT2D eigenvalue weighted by Crippen LogP contribution is -2.25. The first kappa shape index (κ1) is 21.7. The molecule has 0 spiro atoms. The molecule has 152 valence electrons. The summed E-state index contributed by atoms with van der Waals surface area (Å²) in [5.41, 5.74) is 2.00. The molecule has 0 saturated heterocycles. The summed E-state index contributed by atoms with van der Waals surface area (Å²) >= 11 is 7.81. The van der Waals surface area contributed by atoms with Crippen molar-refractivity contribution in [2.75, 3.05) is 12.8 Å². The van der Waals surface area contributed by atoms with Crippen LogP contribution in [0.15, 0.2) is 70.0 Å². The molecule has 0 radical (unpaired) electrons. The highest BCUT2D eigenvalue weighted by molar-refractivity contribution is 7.98. The number of halogens is 1. The predicted octanol–water partition coefficient (Wildman–Crippen LogP) is 5.08. The fraction of sp³-hybridized carbons (Fsp3) is 0.227. The quantitative estimate of drug-likeness (QED) is 0.465. The highest BCUT2D eigenvalue weighted by Gasteiger charge is 2.13. The molecule has 1 N–H and O–H groups in total. The van der Waals surface area contributed by atoms with Gasteiger partial charge in [0.2, 0.25) is 0 Å². The molecular formula is C22H22ClNO3S2. The summed E-state index contributed by atoms with van der Waals surface area (Å²) in [4.78, 5) is 13.5. The Bertz CT molecular complexity index is 986. The summed E-state index contributed by atoms with van der Waals surface area (Å²) in [7, 11) is -1.18. The predicted molar refractivity (Wildman–Crippen MR) is 120 cm³/mol. The Morgan fingerprint density at radius 1 is 1.07 bits per heavy atom. The molecule has 1 heterocycles. The maximum absolute atomic E-state index is 12.4. The zero-order valence-electron chi connectivity index (χ0n) is 16.0. The van der Waals surface area contributed by atoms with Crippen LogP contribution in [0.4, 0.5) is 0 Å². The maximum atomic E-state index is 12.4. The molecule has 0 unspecified atom stereocenters. The minimum Gasteiger partial charge on any atom is -0.455 e. The molecule has 7 heteroatoms. The first-order valence-corrected chi connectivity index (χ1v) is 12.2. The van der Waals surface area contributed by atoms with Gasteiger partial charge in [-0.3, -0.25) is 9.00 Å². The largest absolute Gasteiger partial charge is 0.455 e. The number of furan rings is 1. The van der Waals surface area contributed by atoms with Gasteiger partial charge in [0.25, 0.3) is 5.91 Å². The topological polar surface area (TPSA) is 59.3 Å². The van der Waals surface area contributed by atoms with Crippen molar-refractivity contribution in [2.24, 2.45) is 0 Å². The number of amides is 1. The molecule has 0 aliphatic rings. The van der Waals surface area contributed by atoms with Crippen molar-refractivity contribution >= 4 is 40.1 Å². The second kappa shape index (κ2) is 10.7. The van der Waals surface area contributed by atoms with Crippen molar-refractivity contribution in [3.05, 3.63) is 88.3 Å². The lowest BCUT2D eigenvalue weighted by molar-refractivity contribution is 0.0925. The van der Waals surface area contributed by atoms with Gasteiger partial charge >= 0.3 is 0 Å². The zero-order valence-corrected chi connectivity index (χ0v) is 18.4. The van der Waals surface area contributed by atoms with E-state index < -0.39 is 10.8 Å². The van der Waals surface area contributed by atoms with E-state index in [1.54, 1.807) is 30.0 Å². The van der Waals surface area contributed by atoms with Crippen molar-refractivity contribution in [2.45, 2.75) is 22.8 Å². The second-order valence-corrected chi connectivity index (χ2v) is 9.18. The van der Waals surface area contributed by atoms with Gasteiger partial charge in [-0.2, -0.15) is 0 Å². The number of carbonyl (C=O) groups is 1. The van der Waals surface area contributed by atoms with E-state index in [-0.39, 0.29) is 17.4 Å². The van der Waals surface area contributed by atoms with Crippen molar-refractivity contribution in [3.63, 3.8) is 0 Å². The third-order valence-electron chi connectivity index (χ3n) is 4.32. The van der Waals surface area contributed by atoms with Crippen LogP contribution in [0.3, 0.4) is 0 Å². The summed E-state index contributed by atoms with van der Waals surface area (Å²) in [5, 5.41) is 3.46. The van der Waals surface area contributed by atoms with Gasteiger partial charge in [-0.1, -0.05) is 41.9 Å². The molecule has 3 rings (SSSR count). The molecule has 2 aromatic carbocycles. The Hall–Kier alpha value is -2.02. The third kappa shape index (κ3) is 6.49. The van der Waals surface area contributed by atoms with Crippen LogP contribution >= 0.6 is 23.4 Å². The van der Waals surface area contributed by atoms with Gasteiger partial charge in [-0.05, 0) is 54.1 Å². The van der Waals surface area contributed by atoms with Gasteiger partial charge in [0.15, 0.2) is 5.76 Å². The summed E-state index contributed by atoms with van der Waals surface area (Å²) < 4.78 is 18.0. The summed E-state index contributed by atoms with van der Waals surface area (Å²) in [6.45, 7) is 0.520. The van der Waals surface area contributed by atoms with Crippen LogP contribution in [0.5, 0.6) is 0 Å². The van der Waals surface area contributed by atoms with Gasteiger partial charge in [0.1, 0.15) is 5.76 Å². The van der Waals surface area contributed by atoms with E-state index in [2.05, 4.69) is 29.6 Å². The van der Waals surface area contributed by atoms with E-state index in [0.717, 1.165) is 12.0 Å². The Morgan fingerprint density at radius 3 is 2.55 bits per heavy atom. The van der Waals surface area contributed by atoms with E-state index in [4.69, 9.17) is 16.0 Å². The number of thioether (sulfide) groups is 1. The molecule has 0 bridgehead atoms. The average Bonchev–Trinajstić information content (AvgIpc) is 3.18. The molecule has 1 amide bonds. The van der Waals surface area contributed by atoms with E-state index in [1.165, 1.54) is 10.5 Å². The fourth-order valence-corrected chi connectivity index (χ4v) is 4.64. The Morgan fingerprint density at radius 2 is 1.83 bits per heavy atom. The van der Waals surface area contributed by atoms with Crippen molar-refractivity contribution in [1.29, 1.82) is 0 Å². The lowest BCUT2D eigenvalue weighted by Gasteiger charge is -2.05. The van der Waals surface area contributed by atoms with Crippen LogP contribution in [0.25, 0.3) is 0 Å². The zero-order chi connectivity index (χ0) is 20.6. The molecule has 1 atom stereocenters. The highest BCUT2D eigenvalue weighted by Crippen LogP contribution is 2.19. The van der Waals surface area contributed by atoms with E-state index in [1.807, 2.05) is 24.5 Å². The molecule has 4 nitrogen and oxygen atoms in total. The van der Waals surface area contributed by atoms with Gasteiger partial charge in [0.05, 0.1) is 11.5 Å². The molecule has 3 aromatic rings. The first-order valence-electron chi connectivity index (χ1n) is 9.13. The van der Waals surface area contributed by atoms with Crippen LogP contribution in [-0.4, -0.2) is 22.9 Å². The van der Waals surface area contributed by atoms with Crippen molar-refractivity contribution in [1.82, 2.24) is 5.32 Å². The minimum absolute atomic E-state index is 0.229. The van der Waals surface area contributed by atoms with E-state index >= 15 is 0 Å². The smallest absolute Gasteiger partial charge is 0.287 e. The Kier molecular flexibility index (Phi) is 7.98. The molecule has 29 heavy (non-hydrogen) atoms. The molecular weight excluding hydrogens is 426 g/mol. The summed E-state index contributed by atoms with van der Waals surface area (Å²) in [6, 6.07) is 18.9. The molecule has 1 aromatic heterocycles. The molecule has 0 saturated carbocycles. The van der Waals surface area contributed by atoms with Crippen LogP contribution in [0.2, 0.25) is 5.02 Å². The van der Waals surface area contributed by atoms with Gasteiger partial charge < -0.3 is 9.73 Å². The Labute approximate surface area is 182 Å². The highest BCUT2D eigenvalue weighted by atomic mass is 35.5. The number of hydrogen-bond donors (Lipinski definition) is 1. The van der Waals surface area contributed by atoms with Crippen LogP contribution in [-0.2, 0) is 28.7 Å². The summed E-state index contributed by atoms with van der Waals surface area (Å²) in [5.74, 6) is 1.06. The normalized spacial score (nSPS) is 11.9. The number of benzene rings is 2. The average molecular weight is 448 g/mol. The standard InChI is InChI=1S/C22H22ClNO3S2/c1-28-19-9-6-16(7-10-19)12-13-24-22(25)21-11-8-18(27-21)15-29(26)14-17-4-2-3-5-20(17)23/h2-11H,12-15H2,1H3,(H,24,25)/t29-/m1/s1. The van der Waals surface area contributed by atoms with Crippen LogP contribution in [0, 0.1) is 0 Å². The molecule has 0 aliphatic carbocycles. The SMILES string of the molecule is CSc1ccc(CCNC(=O)c2ccc(C[S@](=O)Cc3ccccc3Cl)o2)cc1. The first-order chi connectivity index (χ1) is 14.0. The van der Waals surface area contributed by atoms with E-state index in [0.29, 0.717) is 23.1 Å². The maximum Gasteiger partial charge on any atom is 0.287 e. The van der Waals surface area contributed by atoms with Crippen molar-refractivity contribution < 1.29 is 13.4 Å². The number of hydrogen-bond acceptors (Lipinski definition) is 4.